The molecule has 0 fully saturated rings. The van der Waals surface area contributed by atoms with E-state index in [0.29, 0.717) is 0 Å². The van der Waals surface area contributed by atoms with Crippen LogP contribution >= 0.6 is 0 Å². The minimum absolute atomic E-state index is 0. The first kappa shape index (κ1) is 16.2. The van der Waals surface area contributed by atoms with Crippen molar-refractivity contribution in [2.24, 2.45) is 11.8 Å². The van der Waals surface area contributed by atoms with Gasteiger partial charge in [0, 0.05) is 8.56 Å². The first-order chi connectivity index (χ1) is 6.62. The van der Waals surface area contributed by atoms with Crippen LogP contribution in [0.5, 0.6) is 0 Å². The molecule has 98 valence electrons. The van der Waals surface area contributed by atoms with Crippen molar-refractivity contribution in [2.45, 2.75) is 66.7 Å². The summed E-state index contributed by atoms with van der Waals surface area (Å²) >= 11 is 0. The quantitative estimate of drug-likeness (QED) is 0.417. The van der Waals surface area contributed by atoms with Crippen molar-refractivity contribution in [2.75, 3.05) is 0 Å². The molecule has 0 aromatic rings. The van der Waals surface area contributed by atoms with Crippen LogP contribution in [0.15, 0.2) is 12.7 Å². The zero-order valence-corrected chi connectivity index (χ0v) is 11.0. The topological polar surface area (TPSA) is 0 Å². The van der Waals surface area contributed by atoms with Crippen molar-refractivity contribution < 1.29 is 8.56 Å². The second kappa shape index (κ2) is 12.7. The first-order valence-corrected chi connectivity index (χ1v) is 6.23. The van der Waals surface area contributed by atoms with Gasteiger partial charge in [0.2, 0.25) is 0 Å². The van der Waals surface area contributed by atoms with Gasteiger partial charge in [-0.3, -0.25) is 0 Å². The largest absolute Gasteiger partial charge is 0.103 e. The van der Waals surface area contributed by atoms with Crippen LogP contribution in [-0.4, -0.2) is 0 Å². The Balaban J connectivity index is -0.0000000217. The van der Waals surface area contributed by atoms with Crippen LogP contribution in [0.2, 0.25) is 0 Å². The molecular weight excluding hydrogens is 168 g/mol. The predicted octanol–water partition coefficient (Wildman–Crippen LogP) is 6.92. The summed E-state index contributed by atoms with van der Waals surface area (Å²) in [6.45, 7) is 14.8. The molecule has 0 N–H and O–H groups in total. The Bertz CT molecular complexity index is 112. The summed E-state index contributed by atoms with van der Waals surface area (Å²) < 4.78 is 0. The summed E-state index contributed by atoms with van der Waals surface area (Å²) in [6, 6.07) is 0. The van der Waals surface area contributed by atoms with Gasteiger partial charge in [-0.25, -0.2) is 0 Å². The van der Waals surface area contributed by atoms with Gasteiger partial charge in [0.05, 0.1) is 0 Å². The molecule has 2 atom stereocenters. The van der Waals surface area contributed by atoms with E-state index in [-0.39, 0.29) is 8.56 Å². The maximum atomic E-state index is 3.48. The molecule has 0 rings (SSSR count). The third-order valence-electron chi connectivity index (χ3n) is 2.83. The van der Waals surface area contributed by atoms with Gasteiger partial charge >= 0.3 is 0 Å². The van der Waals surface area contributed by atoms with Gasteiger partial charge in [0.1, 0.15) is 0 Å². The Labute approximate surface area is 101 Å². The van der Waals surface area contributed by atoms with Crippen molar-refractivity contribution >= 4 is 0 Å². The predicted molar refractivity (Wildman–Crippen MR) is 81.3 cm³/mol. The molecule has 0 nitrogen and oxygen atoms in total. The molecule has 0 bridgehead atoms. The molecule has 0 aliphatic rings. The lowest BCUT2D eigenvalue weighted by molar-refractivity contribution is 0.415. The summed E-state index contributed by atoms with van der Waals surface area (Å²) in [4.78, 5) is 0. The Hall–Kier alpha value is -0.260. The van der Waals surface area contributed by atoms with E-state index in [1.807, 2.05) is 6.08 Å². The lowest BCUT2D eigenvalue weighted by atomic mass is 9.95. The molecule has 0 saturated carbocycles. The summed E-state index contributed by atoms with van der Waals surface area (Å²) in [5.41, 5.74) is 0. The summed E-state index contributed by atoms with van der Waals surface area (Å²) in [5, 5.41) is 0. The van der Waals surface area contributed by atoms with Gasteiger partial charge in [-0.05, 0) is 18.3 Å². The summed E-state index contributed by atoms with van der Waals surface area (Å²) in [7, 11) is 0. The van der Waals surface area contributed by atoms with Gasteiger partial charge in [0.25, 0.3) is 0 Å². The minimum atomic E-state index is 0. The second-order valence-electron chi connectivity index (χ2n) is 4.30. The van der Waals surface area contributed by atoms with Gasteiger partial charge in [-0.2, -0.15) is 0 Å². The molecule has 14 heavy (non-hydrogen) atoms. The van der Waals surface area contributed by atoms with E-state index in [9.17, 15) is 0 Å². The Kier molecular flexibility index (Phi) is 14.7. The third kappa shape index (κ3) is 14.3. The molecule has 0 spiro atoms. The highest BCUT2D eigenvalue weighted by molar-refractivity contribution is 4.60. The lowest BCUT2D eigenvalue weighted by Crippen LogP contribution is -1.97. The summed E-state index contributed by atoms with van der Waals surface area (Å²) in [5.74, 6) is 1.88. The van der Waals surface area contributed by atoms with E-state index in [0.717, 1.165) is 18.3 Å². The number of allylic oxidation sites excluding steroid dienone is 1. The number of hydrogen-bond acceptors (Lipinski definition) is 0. The minimum Gasteiger partial charge on any atom is -0.103 e. The molecule has 0 saturated heterocycles. The Morgan fingerprint density at radius 1 is 1.00 bits per heavy atom. The third-order valence-corrected chi connectivity index (χ3v) is 2.83. The molecule has 0 heterocycles. The fourth-order valence-electron chi connectivity index (χ4n) is 0.977. The van der Waals surface area contributed by atoms with Gasteiger partial charge in [-0.15, -0.1) is 6.58 Å². The van der Waals surface area contributed by atoms with Gasteiger partial charge in [0.15, 0.2) is 0 Å². The van der Waals surface area contributed by atoms with Crippen LogP contribution in [-0.2, 0) is 0 Å². The van der Waals surface area contributed by atoms with Crippen LogP contribution in [0.25, 0.3) is 0 Å². The molecule has 0 aliphatic heterocycles. The second-order valence-corrected chi connectivity index (χ2v) is 4.30. The van der Waals surface area contributed by atoms with E-state index in [2.05, 4.69) is 41.2 Å². The molecule has 0 aliphatic carbocycles. The monoisotopic (exact) mass is 210 g/mol. The van der Waals surface area contributed by atoms with Gasteiger partial charge < -0.3 is 0 Å². The number of hydrogen-bond donors (Lipinski definition) is 0. The highest BCUT2D eigenvalue weighted by Gasteiger charge is 2.02. The Morgan fingerprint density at radius 2 is 1.29 bits per heavy atom. The SMILES string of the molecule is C=CCC.CCC(C)CCC(C)CC.[HH].[HH].[HH].[HH].[HH].[HH]. The maximum Gasteiger partial charge on any atom is 0 e. The maximum absolute atomic E-state index is 3.48. The molecule has 0 aromatic carbocycles. The standard InChI is InChI=1S/C10H22.C4H8.6H2/c1-5-9(3)7-8-10(4)6-2;1-3-4-2;;;;;;/h9-10H,5-8H2,1-4H3;3H,1,4H2,2H3;6*1H. The molecule has 2 unspecified atom stereocenters. The van der Waals surface area contributed by atoms with E-state index >= 15 is 0 Å². The first-order valence-electron chi connectivity index (χ1n) is 6.23. The molecular formula is C14H42. The van der Waals surface area contributed by atoms with Crippen LogP contribution in [0.1, 0.15) is 75.3 Å². The Morgan fingerprint density at radius 3 is 1.43 bits per heavy atom. The van der Waals surface area contributed by atoms with Crippen molar-refractivity contribution in [1.29, 1.82) is 0 Å². The fourth-order valence-corrected chi connectivity index (χ4v) is 0.977. The lowest BCUT2D eigenvalue weighted by Gasteiger charge is -2.11. The van der Waals surface area contributed by atoms with Crippen molar-refractivity contribution in [1.82, 2.24) is 0 Å². The van der Waals surface area contributed by atoms with Crippen molar-refractivity contribution in [3.63, 3.8) is 0 Å². The van der Waals surface area contributed by atoms with Gasteiger partial charge in [-0.1, -0.05) is 66.4 Å². The average molecular weight is 210 g/mol. The molecule has 0 amide bonds. The van der Waals surface area contributed by atoms with E-state index in [1.54, 1.807) is 0 Å². The highest BCUT2D eigenvalue weighted by Crippen LogP contribution is 2.16. The van der Waals surface area contributed by atoms with Crippen LogP contribution in [0.3, 0.4) is 0 Å². The normalized spacial score (nSPS) is 13.8. The van der Waals surface area contributed by atoms with Crippen molar-refractivity contribution in [3.8, 4) is 0 Å². The fraction of sp³-hybridized carbons (Fsp3) is 0.857. The van der Waals surface area contributed by atoms with E-state index in [1.165, 1.54) is 25.7 Å². The van der Waals surface area contributed by atoms with Crippen molar-refractivity contribution in [3.05, 3.63) is 12.7 Å². The average Bonchev–Trinajstić information content (AvgIpc) is 2.25. The zero-order chi connectivity index (χ0) is 11.4. The zero-order valence-electron chi connectivity index (χ0n) is 11.0. The molecule has 0 aromatic heterocycles. The summed E-state index contributed by atoms with van der Waals surface area (Å²) in [6.07, 6.45) is 8.49. The molecule has 0 heteroatoms. The van der Waals surface area contributed by atoms with Crippen LogP contribution in [0.4, 0.5) is 0 Å². The van der Waals surface area contributed by atoms with Crippen LogP contribution < -0.4 is 0 Å². The van der Waals surface area contributed by atoms with E-state index < -0.39 is 0 Å². The van der Waals surface area contributed by atoms with Crippen LogP contribution in [0, 0.1) is 11.8 Å². The van der Waals surface area contributed by atoms with E-state index in [4.69, 9.17) is 0 Å². The smallest absolute Gasteiger partial charge is 0 e. The highest BCUT2D eigenvalue weighted by atomic mass is 14.1. The number of rotatable bonds is 6. The molecule has 0 radical (unpaired) electrons.